The van der Waals surface area contributed by atoms with Gasteiger partial charge in [0.1, 0.15) is 5.75 Å². The quantitative estimate of drug-likeness (QED) is 0.704. The second-order valence-electron chi connectivity index (χ2n) is 4.43. The zero-order valence-corrected chi connectivity index (χ0v) is 10.3. The molecular formula is C14H22O. The highest BCUT2D eigenvalue weighted by atomic mass is 16.5. The van der Waals surface area contributed by atoms with Crippen LogP contribution in [-0.4, -0.2) is 6.61 Å². The first-order valence-corrected chi connectivity index (χ1v) is 5.84. The SMILES string of the molecule is CCCC(C)COc1c(C)cccc1C. The molecule has 0 bridgehead atoms. The van der Waals surface area contributed by atoms with Gasteiger partial charge in [0.25, 0.3) is 0 Å². The molecule has 1 heteroatoms. The Morgan fingerprint density at radius 2 is 1.80 bits per heavy atom. The summed E-state index contributed by atoms with van der Waals surface area (Å²) in [6.45, 7) is 9.51. The predicted octanol–water partition coefficient (Wildman–Crippen LogP) is 4.12. The fraction of sp³-hybridized carbons (Fsp3) is 0.571. The van der Waals surface area contributed by atoms with Crippen LogP contribution in [0.15, 0.2) is 18.2 Å². The second-order valence-corrected chi connectivity index (χ2v) is 4.43. The van der Waals surface area contributed by atoms with Crippen LogP contribution in [0.3, 0.4) is 0 Å². The molecule has 0 saturated heterocycles. The van der Waals surface area contributed by atoms with Crippen LogP contribution in [0.2, 0.25) is 0 Å². The van der Waals surface area contributed by atoms with E-state index in [1.54, 1.807) is 0 Å². The molecule has 1 rings (SSSR count). The van der Waals surface area contributed by atoms with Crippen molar-refractivity contribution < 1.29 is 4.74 Å². The summed E-state index contributed by atoms with van der Waals surface area (Å²) in [5.41, 5.74) is 2.47. The van der Waals surface area contributed by atoms with E-state index in [4.69, 9.17) is 4.74 Å². The maximum atomic E-state index is 5.88. The van der Waals surface area contributed by atoms with E-state index in [2.05, 4.69) is 45.9 Å². The third kappa shape index (κ3) is 3.58. The summed E-state index contributed by atoms with van der Waals surface area (Å²) in [6, 6.07) is 6.28. The molecule has 0 spiro atoms. The smallest absolute Gasteiger partial charge is 0.125 e. The Morgan fingerprint density at radius 3 is 2.33 bits per heavy atom. The topological polar surface area (TPSA) is 9.23 Å². The lowest BCUT2D eigenvalue weighted by Crippen LogP contribution is -2.09. The van der Waals surface area contributed by atoms with Crippen molar-refractivity contribution in [3.63, 3.8) is 0 Å². The minimum atomic E-state index is 0.647. The minimum absolute atomic E-state index is 0.647. The van der Waals surface area contributed by atoms with Gasteiger partial charge < -0.3 is 4.74 Å². The molecule has 0 heterocycles. The average molecular weight is 206 g/mol. The van der Waals surface area contributed by atoms with Crippen molar-refractivity contribution in [1.82, 2.24) is 0 Å². The lowest BCUT2D eigenvalue weighted by atomic mass is 10.1. The zero-order valence-electron chi connectivity index (χ0n) is 10.3. The lowest BCUT2D eigenvalue weighted by molar-refractivity contribution is 0.249. The summed E-state index contributed by atoms with van der Waals surface area (Å²) in [5.74, 6) is 1.72. The number of para-hydroxylation sites is 1. The number of aryl methyl sites for hydroxylation is 2. The van der Waals surface area contributed by atoms with Gasteiger partial charge >= 0.3 is 0 Å². The fourth-order valence-electron chi connectivity index (χ4n) is 1.83. The van der Waals surface area contributed by atoms with Gasteiger partial charge in [-0.25, -0.2) is 0 Å². The summed E-state index contributed by atoms with van der Waals surface area (Å²) >= 11 is 0. The van der Waals surface area contributed by atoms with Crippen molar-refractivity contribution >= 4 is 0 Å². The van der Waals surface area contributed by atoms with Crippen LogP contribution in [0, 0.1) is 19.8 Å². The van der Waals surface area contributed by atoms with Crippen LogP contribution >= 0.6 is 0 Å². The zero-order chi connectivity index (χ0) is 11.3. The number of hydrogen-bond donors (Lipinski definition) is 0. The molecule has 84 valence electrons. The second kappa shape index (κ2) is 5.79. The van der Waals surface area contributed by atoms with Gasteiger partial charge in [-0.05, 0) is 37.3 Å². The van der Waals surface area contributed by atoms with Crippen molar-refractivity contribution in [1.29, 1.82) is 0 Å². The molecule has 0 fully saturated rings. The normalized spacial score (nSPS) is 12.5. The first-order chi connectivity index (χ1) is 7.15. The number of ether oxygens (including phenoxy) is 1. The lowest BCUT2D eigenvalue weighted by Gasteiger charge is -2.15. The van der Waals surface area contributed by atoms with Crippen LogP contribution < -0.4 is 4.74 Å². The van der Waals surface area contributed by atoms with Gasteiger partial charge in [-0.15, -0.1) is 0 Å². The van der Waals surface area contributed by atoms with Gasteiger partial charge in [0.05, 0.1) is 6.61 Å². The fourth-order valence-corrected chi connectivity index (χ4v) is 1.83. The molecule has 1 aromatic rings. The molecule has 0 aromatic heterocycles. The highest BCUT2D eigenvalue weighted by Crippen LogP contribution is 2.23. The van der Waals surface area contributed by atoms with Crippen molar-refractivity contribution in [2.75, 3.05) is 6.61 Å². The van der Waals surface area contributed by atoms with Crippen LogP contribution in [-0.2, 0) is 0 Å². The monoisotopic (exact) mass is 206 g/mol. The van der Waals surface area contributed by atoms with Gasteiger partial charge in [-0.3, -0.25) is 0 Å². The van der Waals surface area contributed by atoms with Gasteiger partial charge in [-0.1, -0.05) is 38.5 Å². The van der Waals surface area contributed by atoms with Crippen LogP contribution in [0.1, 0.15) is 37.8 Å². The summed E-state index contributed by atoms with van der Waals surface area (Å²) in [6.07, 6.45) is 2.47. The summed E-state index contributed by atoms with van der Waals surface area (Å²) in [5, 5.41) is 0. The van der Waals surface area contributed by atoms with E-state index in [1.165, 1.54) is 24.0 Å². The molecule has 0 aliphatic heterocycles. The van der Waals surface area contributed by atoms with E-state index in [0.717, 1.165) is 12.4 Å². The molecule has 0 N–H and O–H groups in total. The standard InChI is InChI=1S/C14H22O/c1-5-7-11(2)10-15-14-12(3)8-6-9-13(14)4/h6,8-9,11H,5,7,10H2,1-4H3. The third-order valence-corrected chi connectivity index (χ3v) is 2.70. The number of hydrogen-bond acceptors (Lipinski definition) is 1. The maximum Gasteiger partial charge on any atom is 0.125 e. The summed E-state index contributed by atoms with van der Waals surface area (Å²) < 4.78 is 5.88. The Hall–Kier alpha value is -0.980. The molecular weight excluding hydrogens is 184 g/mol. The molecule has 0 aliphatic rings. The molecule has 1 nitrogen and oxygen atoms in total. The van der Waals surface area contributed by atoms with Gasteiger partial charge in [-0.2, -0.15) is 0 Å². The van der Waals surface area contributed by atoms with Crippen LogP contribution in [0.5, 0.6) is 5.75 Å². The Balaban J connectivity index is 2.57. The Morgan fingerprint density at radius 1 is 1.20 bits per heavy atom. The van der Waals surface area contributed by atoms with Gasteiger partial charge in [0, 0.05) is 0 Å². The first kappa shape index (κ1) is 12.1. The molecule has 0 radical (unpaired) electrons. The predicted molar refractivity (Wildman–Crippen MR) is 65.5 cm³/mol. The van der Waals surface area contributed by atoms with E-state index < -0.39 is 0 Å². The van der Waals surface area contributed by atoms with E-state index in [9.17, 15) is 0 Å². The molecule has 1 aromatic carbocycles. The molecule has 1 unspecified atom stereocenters. The van der Waals surface area contributed by atoms with E-state index >= 15 is 0 Å². The van der Waals surface area contributed by atoms with E-state index in [1.807, 2.05) is 0 Å². The largest absolute Gasteiger partial charge is 0.493 e. The van der Waals surface area contributed by atoms with Crippen molar-refractivity contribution in [2.45, 2.75) is 40.5 Å². The highest BCUT2D eigenvalue weighted by molar-refractivity contribution is 5.39. The Kier molecular flexibility index (Phi) is 4.67. The molecule has 0 aliphatic carbocycles. The van der Waals surface area contributed by atoms with E-state index in [-0.39, 0.29) is 0 Å². The van der Waals surface area contributed by atoms with Gasteiger partial charge in [0.15, 0.2) is 0 Å². The number of benzene rings is 1. The third-order valence-electron chi connectivity index (χ3n) is 2.70. The van der Waals surface area contributed by atoms with Crippen LogP contribution in [0.25, 0.3) is 0 Å². The molecule has 15 heavy (non-hydrogen) atoms. The highest BCUT2D eigenvalue weighted by Gasteiger charge is 2.06. The Bertz CT molecular complexity index is 284. The summed E-state index contributed by atoms with van der Waals surface area (Å²) in [7, 11) is 0. The van der Waals surface area contributed by atoms with Crippen molar-refractivity contribution in [3.8, 4) is 5.75 Å². The van der Waals surface area contributed by atoms with E-state index in [0.29, 0.717) is 5.92 Å². The maximum absolute atomic E-state index is 5.88. The average Bonchev–Trinajstić information content (AvgIpc) is 2.17. The molecule has 0 saturated carbocycles. The number of rotatable bonds is 5. The first-order valence-electron chi connectivity index (χ1n) is 5.84. The van der Waals surface area contributed by atoms with Crippen molar-refractivity contribution in [3.05, 3.63) is 29.3 Å². The van der Waals surface area contributed by atoms with Crippen molar-refractivity contribution in [2.24, 2.45) is 5.92 Å². The molecule has 1 atom stereocenters. The van der Waals surface area contributed by atoms with Gasteiger partial charge in [0.2, 0.25) is 0 Å². The Labute approximate surface area is 93.5 Å². The summed E-state index contributed by atoms with van der Waals surface area (Å²) in [4.78, 5) is 0. The molecule has 0 amide bonds. The minimum Gasteiger partial charge on any atom is -0.493 e. The van der Waals surface area contributed by atoms with Crippen LogP contribution in [0.4, 0.5) is 0 Å².